The van der Waals surface area contributed by atoms with Crippen molar-refractivity contribution in [3.05, 3.63) is 83.0 Å². The van der Waals surface area contributed by atoms with Crippen molar-refractivity contribution in [2.75, 3.05) is 27.3 Å². The Morgan fingerprint density at radius 2 is 1.05 bits per heavy atom. The van der Waals surface area contributed by atoms with E-state index in [2.05, 4.69) is 54.3 Å². The number of carbonyl (C=O) groups excluding carboxylic acids is 4. The maximum atomic E-state index is 13.4. The molecule has 2 heterocycles. The molecule has 0 fully saturated rings. The molecule has 0 aliphatic rings. The topological polar surface area (TPSA) is 175 Å². The number of rotatable bonds is 14. The Hall–Kier alpha value is -6.28. The maximum absolute atomic E-state index is 13.4. The molecule has 0 spiro atoms. The van der Waals surface area contributed by atoms with E-state index < -0.39 is 24.3 Å². The van der Waals surface area contributed by atoms with E-state index in [0.29, 0.717) is 36.1 Å². The van der Waals surface area contributed by atoms with Crippen molar-refractivity contribution in [3.63, 3.8) is 0 Å². The van der Waals surface area contributed by atoms with Gasteiger partial charge >= 0.3 is 12.2 Å². The van der Waals surface area contributed by atoms with E-state index in [1.54, 1.807) is 22.2 Å². The van der Waals surface area contributed by atoms with E-state index in [1.165, 1.54) is 14.2 Å². The molecule has 56 heavy (non-hydrogen) atoms. The fourth-order valence-electron chi connectivity index (χ4n) is 6.04. The minimum Gasteiger partial charge on any atom is -0.453 e. The lowest BCUT2D eigenvalue weighted by Crippen LogP contribution is -2.51. The summed E-state index contributed by atoms with van der Waals surface area (Å²) in [5.41, 5.74) is 2.81. The van der Waals surface area contributed by atoms with E-state index >= 15 is 0 Å². The predicted molar refractivity (Wildman–Crippen MR) is 213 cm³/mol. The number of H-pyrrole nitrogens is 2. The molecule has 0 saturated carbocycles. The van der Waals surface area contributed by atoms with Crippen LogP contribution in [0.4, 0.5) is 9.59 Å². The van der Waals surface area contributed by atoms with Crippen molar-refractivity contribution in [1.82, 2.24) is 40.4 Å². The highest BCUT2D eigenvalue weighted by molar-refractivity contribution is 5.93. The Morgan fingerprint density at radius 3 is 1.39 bits per heavy atom. The first kappa shape index (κ1) is 42.5. The fourth-order valence-corrected chi connectivity index (χ4v) is 6.04. The van der Waals surface area contributed by atoms with Crippen LogP contribution in [0.25, 0.3) is 10.8 Å². The molecule has 14 nitrogen and oxygen atoms in total. The lowest BCUT2D eigenvalue weighted by molar-refractivity contribution is -0.135. The van der Waals surface area contributed by atoms with Crippen LogP contribution >= 0.6 is 0 Å². The van der Waals surface area contributed by atoms with Crippen molar-refractivity contribution < 1.29 is 28.7 Å². The van der Waals surface area contributed by atoms with Crippen LogP contribution < -0.4 is 10.6 Å². The number of aromatic nitrogens is 4. The van der Waals surface area contributed by atoms with Gasteiger partial charge in [-0.25, -0.2) is 19.6 Å². The predicted octanol–water partition coefficient (Wildman–Crippen LogP) is 5.32. The molecule has 0 bridgehead atoms. The lowest BCUT2D eigenvalue weighted by Gasteiger charge is -2.28. The van der Waals surface area contributed by atoms with E-state index in [1.807, 2.05) is 77.9 Å². The SMILES string of the molecule is CCCN(Cc1ncc(C#Cc2cccc3c(C#Cc4cnc(CN(CCC)C(=O)[C@@H](NC(=O)OC)C(C)C)[nH]4)cccc23)[nH]1)C(=O)[C@@H](NC(=O)OC)C(C)C. The normalized spacial score (nSPS) is 11.8. The molecule has 0 unspecified atom stereocenters. The molecule has 4 N–H and O–H groups in total. The molecule has 2 atom stereocenters. The smallest absolute Gasteiger partial charge is 0.407 e. The number of fused-ring (bicyclic) bond motifs is 1. The number of amides is 4. The molecule has 0 radical (unpaired) electrons. The molecule has 2 aromatic carbocycles. The fraction of sp³-hybridized carbons (Fsp3) is 0.429. The Balaban J connectivity index is 1.50. The molecule has 0 aliphatic carbocycles. The van der Waals surface area contributed by atoms with Crippen molar-refractivity contribution >= 4 is 34.8 Å². The largest absolute Gasteiger partial charge is 0.453 e. The summed E-state index contributed by atoms with van der Waals surface area (Å²) in [4.78, 5) is 69.4. The first-order chi connectivity index (χ1) is 26.9. The summed E-state index contributed by atoms with van der Waals surface area (Å²) in [6.45, 7) is 12.9. The van der Waals surface area contributed by atoms with Gasteiger partial charge in [0.25, 0.3) is 0 Å². The van der Waals surface area contributed by atoms with Crippen LogP contribution in [-0.2, 0) is 32.2 Å². The summed E-state index contributed by atoms with van der Waals surface area (Å²) in [6.07, 6.45) is 3.44. The molecule has 0 saturated heterocycles. The lowest BCUT2D eigenvalue weighted by atomic mass is 10.0. The molecule has 4 amide bonds. The first-order valence-corrected chi connectivity index (χ1v) is 18.8. The van der Waals surface area contributed by atoms with Crippen molar-refractivity contribution in [1.29, 1.82) is 0 Å². The summed E-state index contributed by atoms with van der Waals surface area (Å²) < 4.78 is 9.46. The average Bonchev–Trinajstić information content (AvgIpc) is 3.84. The number of alkyl carbamates (subject to hydrolysis) is 2. The van der Waals surface area contributed by atoms with Gasteiger partial charge in [0.15, 0.2) is 0 Å². The van der Waals surface area contributed by atoms with Crippen LogP contribution in [0, 0.1) is 35.5 Å². The number of imidazole rings is 2. The molecule has 0 aliphatic heterocycles. The van der Waals surface area contributed by atoms with E-state index in [9.17, 15) is 19.2 Å². The molecular formula is C42H52N8O6. The number of nitrogens with zero attached hydrogens (tertiary/aromatic N) is 4. The third-order valence-corrected chi connectivity index (χ3v) is 8.92. The Bertz CT molecular complexity index is 1970. The van der Waals surface area contributed by atoms with Gasteiger partial charge in [-0.05, 0) is 59.4 Å². The minimum atomic E-state index is -0.734. The van der Waals surface area contributed by atoms with Gasteiger partial charge in [-0.3, -0.25) is 9.59 Å². The van der Waals surface area contributed by atoms with Crippen LogP contribution in [-0.4, -0.2) is 93.1 Å². The Morgan fingerprint density at radius 1 is 0.661 bits per heavy atom. The van der Waals surface area contributed by atoms with Gasteiger partial charge in [-0.2, -0.15) is 0 Å². The highest BCUT2D eigenvalue weighted by Crippen LogP contribution is 2.22. The van der Waals surface area contributed by atoms with Gasteiger partial charge in [-0.1, -0.05) is 77.6 Å². The Labute approximate surface area is 328 Å². The summed E-state index contributed by atoms with van der Waals surface area (Å²) in [5.74, 6) is 13.3. The summed E-state index contributed by atoms with van der Waals surface area (Å²) in [6, 6.07) is 10.3. The monoisotopic (exact) mass is 764 g/mol. The third-order valence-electron chi connectivity index (χ3n) is 8.92. The van der Waals surface area contributed by atoms with Gasteiger partial charge in [0, 0.05) is 24.2 Å². The van der Waals surface area contributed by atoms with E-state index in [0.717, 1.165) is 34.7 Å². The second-order valence-corrected chi connectivity index (χ2v) is 13.9. The molecule has 4 rings (SSSR count). The minimum absolute atomic E-state index is 0.141. The average molecular weight is 765 g/mol. The zero-order chi connectivity index (χ0) is 40.8. The summed E-state index contributed by atoms with van der Waals surface area (Å²) in [7, 11) is 2.54. The number of aromatic amines is 2. The zero-order valence-corrected chi connectivity index (χ0v) is 33.4. The van der Waals surface area contributed by atoms with Crippen LogP contribution in [0.1, 0.15) is 88.5 Å². The molecule has 4 aromatic rings. The van der Waals surface area contributed by atoms with Gasteiger partial charge in [0.05, 0.1) is 39.7 Å². The third kappa shape index (κ3) is 11.4. The highest BCUT2D eigenvalue weighted by Gasteiger charge is 2.30. The van der Waals surface area contributed by atoms with Gasteiger partial charge in [0.1, 0.15) is 35.1 Å². The van der Waals surface area contributed by atoms with Gasteiger partial charge in [0.2, 0.25) is 11.8 Å². The second kappa shape index (κ2) is 20.4. The number of methoxy groups -OCH3 is 2. The number of hydrogen-bond acceptors (Lipinski definition) is 8. The maximum Gasteiger partial charge on any atom is 0.407 e. The first-order valence-electron chi connectivity index (χ1n) is 18.8. The highest BCUT2D eigenvalue weighted by atomic mass is 16.5. The van der Waals surface area contributed by atoms with Crippen molar-refractivity contribution in [2.24, 2.45) is 11.8 Å². The molecule has 296 valence electrons. The quantitative estimate of drug-likeness (QED) is 0.125. The number of benzene rings is 2. The van der Waals surface area contributed by atoms with Crippen LogP contribution in [0.15, 0.2) is 48.8 Å². The molecular weight excluding hydrogens is 713 g/mol. The van der Waals surface area contributed by atoms with Crippen LogP contribution in [0.5, 0.6) is 0 Å². The van der Waals surface area contributed by atoms with Gasteiger partial charge in [-0.15, -0.1) is 0 Å². The van der Waals surface area contributed by atoms with Crippen LogP contribution in [0.3, 0.4) is 0 Å². The van der Waals surface area contributed by atoms with Gasteiger partial charge < -0.3 is 39.9 Å². The number of ether oxygens (including phenoxy) is 2. The number of hydrogen-bond donors (Lipinski definition) is 4. The van der Waals surface area contributed by atoms with E-state index in [-0.39, 0.29) is 36.7 Å². The van der Waals surface area contributed by atoms with E-state index in [4.69, 9.17) is 9.47 Å². The van der Waals surface area contributed by atoms with Crippen LogP contribution in [0.2, 0.25) is 0 Å². The summed E-state index contributed by atoms with van der Waals surface area (Å²) in [5, 5.41) is 7.17. The second-order valence-electron chi connectivity index (χ2n) is 13.9. The summed E-state index contributed by atoms with van der Waals surface area (Å²) >= 11 is 0. The number of nitrogens with one attached hydrogen (secondary N) is 4. The Kier molecular flexibility index (Phi) is 15.5. The van der Waals surface area contributed by atoms with Crippen molar-refractivity contribution in [3.8, 4) is 23.7 Å². The zero-order valence-electron chi connectivity index (χ0n) is 33.4. The molecule has 2 aromatic heterocycles. The molecule has 14 heteroatoms. The number of carbonyl (C=O) groups is 4. The van der Waals surface area contributed by atoms with Crippen molar-refractivity contribution in [2.45, 2.75) is 79.6 Å². The standard InChI is InChI=1S/C42H52N8O6/c1-9-21-49(39(51)37(27(3)4)47-41(53)55-7)25-35-43-23-31(45-35)19-17-29-13-11-16-34-30(14-12-15-33(29)34)18-20-32-24-44-36(46-32)26-50(22-10-2)40(52)38(28(5)6)48-42(54)56-8/h11-16,23-24,27-28,37-38H,9-10,21-22,25-26H2,1-8H3,(H,43,45)(H,44,46)(H,47,53)(H,48,54)/t37-,38-/m0/s1.